The molecule has 1 aromatic carbocycles. The molecule has 0 bridgehead atoms. The molecule has 0 saturated heterocycles. The first-order chi connectivity index (χ1) is 22.1. The van der Waals surface area contributed by atoms with Crippen LogP contribution < -0.4 is 11.5 Å². The van der Waals surface area contributed by atoms with Crippen LogP contribution in [0.2, 0.25) is 0 Å². The van der Waals surface area contributed by atoms with Gasteiger partial charge in [0.15, 0.2) is 5.82 Å². The predicted octanol–water partition coefficient (Wildman–Crippen LogP) is 8.71. The van der Waals surface area contributed by atoms with Crippen LogP contribution >= 0.6 is 0 Å². The maximum Gasteiger partial charge on any atom is 0.460 e. The van der Waals surface area contributed by atoms with E-state index in [2.05, 4.69) is 15.0 Å². The standard InChI is InChI=1S/C21H8F25N5/c22-10(23,6-3-1-5(2-4-6)7-49-8(47)51-9(48)50-7)11(24,25)12(26,27)13(28,29)14(30,31)15(32,33)16(34,35)17(36,37)18(38,39)19(40,41)20(42,43)21(44,45)46/h1-4H,(H4,47,48,49,50,51). The molecule has 5 nitrogen and oxygen atoms in total. The van der Waals surface area contributed by atoms with Gasteiger partial charge < -0.3 is 11.5 Å². The first-order valence-corrected chi connectivity index (χ1v) is 11.7. The molecule has 4 N–H and O–H groups in total. The van der Waals surface area contributed by atoms with E-state index >= 15 is 0 Å². The van der Waals surface area contributed by atoms with Gasteiger partial charge in [0.05, 0.1) is 0 Å². The molecular formula is C21H8F25N5. The van der Waals surface area contributed by atoms with Gasteiger partial charge in [-0.1, -0.05) is 24.3 Å². The summed E-state index contributed by atoms with van der Waals surface area (Å²) in [6.07, 6.45) is -8.20. The van der Waals surface area contributed by atoms with Crippen molar-refractivity contribution in [1.29, 1.82) is 0 Å². The van der Waals surface area contributed by atoms with Crippen molar-refractivity contribution in [3.63, 3.8) is 0 Å². The molecule has 30 heteroatoms. The summed E-state index contributed by atoms with van der Waals surface area (Å²) in [7, 11) is 0. The second-order valence-electron chi connectivity index (χ2n) is 9.77. The molecule has 2 aromatic rings. The highest BCUT2D eigenvalue weighted by molar-refractivity contribution is 5.58. The van der Waals surface area contributed by atoms with Crippen LogP contribution in [0.1, 0.15) is 5.56 Å². The number of nitrogen functional groups attached to an aromatic ring is 2. The molecule has 0 spiro atoms. The summed E-state index contributed by atoms with van der Waals surface area (Å²) in [6.45, 7) is 0. The Morgan fingerprint density at radius 2 is 0.588 bits per heavy atom. The average molecular weight is 805 g/mol. The molecule has 1 heterocycles. The highest BCUT2D eigenvalue weighted by atomic mass is 19.4. The van der Waals surface area contributed by atoms with Crippen LogP contribution in [0, 0.1) is 0 Å². The topological polar surface area (TPSA) is 90.7 Å². The monoisotopic (exact) mass is 805 g/mol. The fourth-order valence-electron chi connectivity index (χ4n) is 3.50. The fourth-order valence-corrected chi connectivity index (χ4v) is 3.50. The van der Waals surface area contributed by atoms with Crippen LogP contribution in [0.25, 0.3) is 11.4 Å². The third-order valence-electron chi connectivity index (χ3n) is 6.48. The molecule has 1 aromatic heterocycles. The van der Waals surface area contributed by atoms with E-state index in [1.165, 1.54) is 0 Å². The van der Waals surface area contributed by atoms with Gasteiger partial charge in [0, 0.05) is 11.1 Å². The number of alkyl halides is 25. The zero-order valence-electron chi connectivity index (χ0n) is 22.8. The molecule has 0 fully saturated rings. The zero-order chi connectivity index (χ0) is 40.8. The Morgan fingerprint density at radius 3 is 0.863 bits per heavy atom. The van der Waals surface area contributed by atoms with Crippen LogP contribution in [-0.2, 0) is 5.92 Å². The number of rotatable bonds is 12. The number of hydrogen-bond acceptors (Lipinski definition) is 5. The summed E-state index contributed by atoms with van der Waals surface area (Å²) >= 11 is 0. The Bertz CT molecular complexity index is 1580. The van der Waals surface area contributed by atoms with Gasteiger partial charge in [-0.15, -0.1) is 0 Å². The van der Waals surface area contributed by atoms with Crippen molar-refractivity contribution in [2.45, 2.75) is 71.3 Å². The number of benzene rings is 1. The van der Waals surface area contributed by atoms with Crippen LogP contribution in [0.5, 0.6) is 0 Å². The van der Waals surface area contributed by atoms with Crippen molar-refractivity contribution in [2.75, 3.05) is 11.5 Å². The lowest BCUT2D eigenvalue weighted by atomic mass is 9.84. The van der Waals surface area contributed by atoms with E-state index in [9.17, 15) is 110 Å². The molecule has 292 valence electrons. The molecule has 0 saturated carbocycles. The maximum atomic E-state index is 14.5. The van der Waals surface area contributed by atoms with Gasteiger partial charge in [-0.3, -0.25) is 0 Å². The first kappa shape index (κ1) is 43.2. The molecule has 51 heavy (non-hydrogen) atoms. The number of anilines is 2. The average Bonchev–Trinajstić information content (AvgIpc) is 2.95. The van der Waals surface area contributed by atoms with E-state index in [0.29, 0.717) is 0 Å². The number of hydrogen-bond donors (Lipinski definition) is 2. The molecule has 0 aliphatic heterocycles. The van der Waals surface area contributed by atoms with Gasteiger partial charge in [-0.2, -0.15) is 125 Å². The fraction of sp³-hybridized carbons (Fsp3) is 0.571. The highest BCUT2D eigenvalue weighted by Crippen LogP contribution is 2.68. The summed E-state index contributed by atoms with van der Waals surface area (Å²) in [5.41, 5.74) is 7.04. The van der Waals surface area contributed by atoms with Gasteiger partial charge in [0.2, 0.25) is 11.9 Å². The lowest BCUT2D eigenvalue weighted by molar-refractivity contribution is -0.482. The van der Waals surface area contributed by atoms with Gasteiger partial charge >= 0.3 is 71.3 Å². The van der Waals surface area contributed by atoms with E-state index in [-0.39, 0.29) is 12.1 Å². The number of halogens is 25. The van der Waals surface area contributed by atoms with E-state index < -0.39 is 112 Å². The molecule has 0 aliphatic carbocycles. The van der Waals surface area contributed by atoms with Gasteiger partial charge in [-0.05, 0) is 0 Å². The van der Waals surface area contributed by atoms with Crippen LogP contribution in [-0.4, -0.2) is 80.4 Å². The lowest BCUT2D eigenvalue weighted by Gasteiger charge is -2.45. The Balaban J connectivity index is 2.70. The van der Waals surface area contributed by atoms with Crippen molar-refractivity contribution in [2.24, 2.45) is 0 Å². The quantitative estimate of drug-likeness (QED) is 0.210. The third-order valence-corrected chi connectivity index (χ3v) is 6.48. The maximum absolute atomic E-state index is 14.5. The smallest absolute Gasteiger partial charge is 0.368 e. The Labute approximate surface area is 261 Å². The van der Waals surface area contributed by atoms with Gasteiger partial charge in [-0.25, -0.2) is 0 Å². The summed E-state index contributed by atoms with van der Waals surface area (Å²) in [5, 5.41) is 0. The molecule has 0 unspecified atom stereocenters. The number of nitrogens with two attached hydrogens (primary N) is 2. The second kappa shape index (κ2) is 11.5. The summed E-state index contributed by atoms with van der Waals surface area (Å²) < 4.78 is 342. The largest absolute Gasteiger partial charge is 0.460 e. The summed E-state index contributed by atoms with van der Waals surface area (Å²) in [6, 6.07) is -0.608. The lowest BCUT2D eigenvalue weighted by Crippen LogP contribution is -2.78. The van der Waals surface area contributed by atoms with Gasteiger partial charge in [0.25, 0.3) is 0 Å². The molecule has 0 radical (unpaired) electrons. The van der Waals surface area contributed by atoms with Gasteiger partial charge in [0.1, 0.15) is 0 Å². The van der Waals surface area contributed by atoms with Crippen molar-refractivity contribution in [3.05, 3.63) is 29.8 Å². The predicted molar refractivity (Wildman–Crippen MR) is 114 cm³/mol. The third kappa shape index (κ3) is 5.54. The highest BCUT2D eigenvalue weighted by Gasteiger charge is 2.99. The molecule has 0 atom stereocenters. The summed E-state index contributed by atoms with van der Waals surface area (Å²) in [4.78, 5) is 9.88. The minimum absolute atomic E-state index is 0.132. The minimum Gasteiger partial charge on any atom is -0.368 e. The van der Waals surface area contributed by atoms with Crippen molar-refractivity contribution in [1.82, 2.24) is 15.0 Å². The van der Waals surface area contributed by atoms with Crippen molar-refractivity contribution < 1.29 is 110 Å². The SMILES string of the molecule is Nc1nc(N)nc(-c2ccc(C(F)(F)C(F)(F)C(F)(F)C(F)(F)C(F)(F)C(F)(F)C(F)(F)C(F)(F)C(F)(F)C(F)(F)C(F)(F)C(F)(F)F)cc2)n1. The van der Waals surface area contributed by atoms with Crippen LogP contribution in [0.3, 0.4) is 0 Å². The Morgan fingerprint density at radius 1 is 0.333 bits per heavy atom. The van der Waals surface area contributed by atoms with Crippen LogP contribution in [0.15, 0.2) is 24.3 Å². The molecule has 2 rings (SSSR count). The van der Waals surface area contributed by atoms with Crippen molar-refractivity contribution >= 4 is 11.9 Å². The normalized spacial score (nSPS) is 15.7. The van der Waals surface area contributed by atoms with E-state index in [4.69, 9.17) is 11.5 Å². The molecular weight excluding hydrogens is 797 g/mol. The molecule has 0 aliphatic rings. The second-order valence-corrected chi connectivity index (χ2v) is 9.77. The Hall–Kier alpha value is -3.92. The van der Waals surface area contributed by atoms with Crippen LogP contribution in [0.4, 0.5) is 122 Å². The Kier molecular flexibility index (Phi) is 9.79. The van der Waals surface area contributed by atoms with Crippen molar-refractivity contribution in [3.8, 4) is 11.4 Å². The number of aromatic nitrogens is 3. The molecule has 0 amide bonds. The van der Waals surface area contributed by atoms with E-state index in [1.54, 1.807) is 0 Å². The summed E-state index contributed by atoms with van der Waals surface area (Å²) in [5.74, 6) is -101. The van der Waals surface area contributed by atoms with E-state index in [0.717, 1.165) is 0 Å². The first-order valence-electron chi connectivity index (χ1n) is 11.7. The minimum atomic E-state index is -9.65. The number of nitrogens with zero attached hydrogens (tertiary/aromatic N) is 3. The van der Waals surface area contributed by atoms with E-state index in [1.807, 2.05) is 0 Å². The zero-order valence-corrected chi connectivity index (χ0v) is 22.8.